The van der Waals surface area contributed by atoms with Gasteiger partial charge >= 0.3 is 0 Å². The zero-order valence-electron chi connectivity index (χ0n) is 16.3. The molecule has 5 nitrogen and oxygen atoms in total. The van der Waals surface area contributed by atoms with E-state index in [4.69, 9.17) is 4.74 Å². The molecule has 3 rings (SSSR count). The SMILES string of the molecule is Cc1cccc(N2CCN(CCC(=O)N(C)C[C@H]3CCCCO3)CC2)c1. The van der Waals surface area contributed by atoms with Crippen LogP contribution in [0.3, 0.4) is 0 Å². The van der Waals surface area contributed by atoms with E-state index in [0.29, 0.717) is 6.42 Å². The number of benzene rings is 1. The summed E-state index contributed by atoms with van der Waals surface area (Å²) in [6.45, 7) is 8.69. The van der Waals surface area contributed by atoms with Gasteiger partial charge in [-0.1, -0.05) is 12.1 Å². The zero-order valence-corrected chi connectivity index (χ0v) is 16.3. The molecule has 1 aromatic rings. The monoisotopic (exact) mass is 359 g/mol. The predicted molar refractivity (Wildman–Crippen MR) is 106 cm³/mol. The van der Waals surface area contributed by atoms with E-state index < -0.39 is 0 Å². The third kappa shape index (κ3) is 5.45. The molecule has 1 aromatic carbocycles. The van der Waals surface area contributed by atoms with Gasteiger partial charge in [0.1, 0.15) is 0 Å². The highest BCUT2D eigenvalue weighted by Crippen LogP contribution is 2.18. The summed E-state index contributed by atoms with van der Waals surface area (Å²) >= 11 is 0. The highest BCUT2D eigenvalue weighted by molar-refractivity contribution is 5.76. The summed E-state index contributed by atoms with van der Waals surface area (Å²) in [6.07, 6.45) is 4.29. The molecule has 2 heterocycles. The molecule has 0 saturated carbocycles. The maximum atomic E-state index is 12.4. The van der Waals surface area contributed by atoms with Crippen LogP contribution in [0.4, 0.5) is 5.69 Å². The van der Waals surface area contributed by atoms with Crippen molar-refractivity contribution in [3.05, 3.63) is 29.8 Å². The van der Waals surface area contributed by atoms with Gasteiger partial charge in [0.05, 0.1) is 6.10 Å². The number of piperazine rings is 1. The Morgan fingerprint density at radius 2 is 2.04 bits per heavy atom. The largest absolute Gasteiger partial charge is 0.376 e. The highest BCUT2D eigenvalue weighted by atomic mass is 16.5. The number of carbonyl (C=O) groups excluding carboxylic acids is 1. The minimum atomic E-state index is 0.232. The predicted octanol–water partition coefficient (Wildman–Crippen LogP) is 2.53. The summed E-state index contributed by atoms with van der Waals surface area (Å²) in [5.41, 5.74) is 2.62. The first-order valence-electron chi connectivity index (χ1n) is 10.0. The fourth-order valence-corrected chi connectivity index (χ4v) is 3.86. The van der Waals surface area contributed by atoms with Gasteiger partial charge in [-0.25, -0.2) is 0 Å². The van der Waals surface area contributed by atoms with E-state index in [9.17, 15) is 4.79 Å². The van der Waals surface area contributed by atoms with Gasteiger partial charge in [0, 0.05) is 65.0 Å². The van der Waals surface area contributed by atoms with E-state index in [1.54, 1.807) is 0 Å². The van der Waals surface area contributed by atoms with Crippen molar-refractivity contribution < 1.29 is 9.53 Å². The van der Waals surface area contributed by atoms with Gasteiger partial charge in [-0.15, -0.1) is 0 Å². The average Bonchev–Trinajstić information content (AvgIpc) is 2.67. The van der Waals surface area contributed by atoms with E-state index in [0.717, 1.165) is 58.7 Å². The number of ether oxygens (including phenoxy) is 1. The van der Waals surface area contributed by atoms with Crippen molar-refractivity contribution >= 4 is 11.6 Å². The number of carbonyl (C=O) groups is 1. The Morgan fingerprint density at radius 3 is 2.73 bits per heavy atom. The lowest BCUT2D eigenvalue weighted by Crippen LogP contribution is -2.47. The van der Waals surface area contributed by atoms with Crippen LogP contribution in [0.25, 0.3) is 0 Å². The van der Waals surface area contributed by atoms with Crippen LogP contribution in [0.1, 0.15) is 31.2 Å². The van der Waals surface area contributed by atoms with Crippen molar-refractivity contribution in [2.75, 3.05) is 57.8 Å². The molecule has 0 N–H and O–H groups in total. The van der Waals surface area contributed by atoms with E-state index in [-0.39, 0.29) is 12.0 Å². The molecule has 0 aromatic heterocycles. The lowest BCUT2D eigenvalue weighted by atomic mass is 10.1. The molecule has 0 unspecified atom stereocenters. The van der Waals surface area contributed by atoms with Gasteiger partial charge < -0.3 is 14.5 Å². The maximum Gasteiger partial charge on any atom is 0.223 e. The second-order valence-corrected chi connectivity index (χ2v) is 7.68. The first kappa shape index (κ1) is 19.2. The molecular weight excluding hydrogens is 326 g/mol. The Kier molecular flexibility index (Phi) is 6.92. The lowest BCUT2D eigenvalue weighted by molar-refractivity contribution is -0.132. The molecule has 2 fully saturated rings. The molecule has 0 aliphatic carbocycles. The molecular formula is C21H33N3O2. The minimum absolute atomic E-state index is 0.232. The molecule has 2 saturated heterocycles. The Hall–Kier alpha value is -1.59. The van der Waals surface area contributed by atoms with Gasteiger partial charge in [0.2, 0.25) is 5.91 Å². The van der Waals surface area contributed by atoms with Crippen molar-refractivity contribution in [3.8, 4) is 0 Å². The van der Waals surface area contributed by atoms with Crippen LogP contribution in [0, 0.1) is 6.92 Å². The number of nitrogens with zero attached hydrogens (tertiary/aromatic N) is 3. The topological polar surface area (TPSA) is 36.0 Å². The first-order valence-corrected chi connectivity index (χ1v) is 10.0. The molecule has 26 heavy (non-hydrogen) atoms. The average molecular weight is 360 g/mol. The van der Waals surface area contributed by atoms with Crippen molar-refractivity contribution in [2.45, 2.75) is 38.7 Å². The van der Waals surface area contributed by atoms with Crippen LogP contribution in [0.15, 0.2) is 24.3 Å². The van der Waals surface area contributed by atoms with Crippen molar-refractivity contribution in [1.82, 2.24) is 9.80 Å². The van der Waals surface area contributed by atoms with Gasteiger partial charge in [0.25, 0.3) is 0 Å². The summed E-state index contributed by atoms with van der Waals surface area (Å²) in [4.78, 5) is 19.1. The van der Waals surface area contributed by atoms with Crippen LogP contribution in [-0.4, -0.2) is 74.7 Å². The summed E-state index contributed by atoms with van der Waals surface area (Å²) < 4.78 is 5.75. The quantitative estimate of drug-likeness (QED) is 0.782. The van der Waals surface area contributed by atoms with E-state index in [1.807, 2.05) is 11.9 Å². The van der Waals surface area contributed by atoms with E-state index >= 15 is 0 Å². The number of hydrogen-bond acceptors (Lipinski definition) is 4. The summed E-state index contributed by atoms with van der Waals surface area (Å²) in [5, 5.41) is 0. The summed E-state index contributed by atoms with van der Waals surface area (Å²) in [5.74, 6) is 0.236. The molecule has 2 aliphatic heterocycles. The van der Waals surface area contributed by atoms with Crippen molar-refractivity contribution in [1.29, 1.82) is 0 Å². The number of hydrogen-bond donors (Lipinski definition) is 0. The molecule has 1 amide bonds. The Labute approximate surface area is 157 Å². The Morgan fingerprint density at radius 1 is 1.23 bits per heavy atom. The molecule has 2 aliphatic rings. The van der Waals surface area contributed by atoms with Gasteiger partial charge in [-0.2, -0.15) is 0 Å². The molecule has 5 heteroatoms. The lowest BCUT2D eigenvalue weighted by Gasteiger charge is -2.36. The van der Waals surface area contributed by atoms with Crippen LogP contribution in [0.5, 0.6) is 0 Å². The van der Waals surface area contributed by atoms with Crippen LogP contribution in [-0.2, 0) is 9.53 Å². The van der Waals surface area contributed by atoms with Gasteiger partial charge in [0.15, 0.2) is 0 Å². The Bertz CT molecular complexity index is 578. The normalized spacial score (nSPS) is 21.6. The molecule has 0 bridgehead atoms. The highest BCUT2D eigenvalue weighted by Gasteiger charge is 2.21. The van der Waals surface area contributed by atoms with Crippen LogP contribution >= 0.6 is 0 Å². The third-order valence-corrected chi connectivity index (χ3v) is 5.56. The summed E-state index contributed by atoms with van der Waals surface area (Å²) in [6, 6.07) is 8.71. The van der Waals surface area contributed by atoms with E-state index in [1.165, 1.54) is 17.7 Å². The Balaban J connectivity index is 1.37. The van der Waals surface area contributed by atoms with Crippen molar-refractivity contribution in [3.63, 3.8) is 0 Å². The maximum absolute atomic E-state index is 12.4. The van der Waals surface area contributed by atoms with Crippen LogP contribution in [0.2, 0.25) is 0 Å². The zero-order chi connectivity index (χ0) is 18.4. The van der Waals surface area contributed by atoms with Crippen LogP contribution < -0.4 is 4.90 Å². The molecule has 144 valence electrons. The van der Waals surface area contributed by atoms with Gasteiger partial charge in [-0.05, 0) is 43.9 Å². The fraction of sp³-hybridized carbons (Fsp3) is 0.667. The number of anilines is 1. The second kappa shape index (κ2) is 9.38. The number of rotatable bonds is 6. The standard InChI is InChI=1S/C21H33N3O2/c1-18-6-5-7-19(16-18)24-13-11-23(12-14-24)10-9-21(25)22(2)17-20-8-3-4-15-26-20/h5-7,16,20H,3-4,8-15,17H2,1-2H3/t20-/m1/s1. The molecule has 0 radical (unpaired) electrons. The first-order chi connectivity index (χ1) is 12.6. The second-order valence-electron chi connectivity index (χ2n) is 7.68. The van der Waals surface area contributed by atoms with Gasteiger partial charge in [-0.3, -0.25) is 9.69 Å². The number of amides is 1. The number of aryl methyl sites for hydroxylation is 1. The smallest absolute Gasteiger partial charge is 0.223 e. The molecule has 1 atom stereocenters. The summed E-state index contributed by atoms with van der Waals surface area (Å²) in [7, 11) is 1.91. The van der Waals surface area contributed by atoms with E-state index in [2.05, 4.69) is 41.0 Å². The minimum Gasteiger partial charge on any atom is -0.376 e. The fourth-order valence-electron chi connectivity index (χ4n) is 3.86. The third-order valence-electron chi connectivity index (χ3n) is 5.56. The number of likely N-dealkylation sites (N-methyl/N-ethyl adjacent to an activating group) is 1. The molecule has 0 spiro atoms. The van der Waals surface area contributed by atoms with Crippen molar-refractivity contribution in [2.24, 2.45) is 0 Å².